The number of anilines is 1. The van der Waals surface area contributed by atoms with Crippen molar-refractivity contribution in [1.82, 2.24) is 10.3 Å². The molecule has 1 aromatic heterocycles. The molecule has 0 spiro atoms. The van der Waals surface area contributed by atoms with Crippen molar-refractivity contribution in [3.8, 4) is 11.3 Å². The predicted molar refractivity (Wildman–Crippen MR) is 111 cm³/mol. The van der Waals surface area contributed by atoms with Gasteiger partial charge < -0.3 is 10.3 Å². The van der Waals surface area contributed by atoms with E-state index >= 15 is 0 Å². The molecule has 1 amide bonds. The Balaban J connectivity index is 1.90. The van der Waals surface area contributed by atoms with Gasteiger partial charge in [-0.25, -0.2) is 0 Å². The van der Waals surface area contributed by atoms with Crippen molar-refractivity contribution in [2.45, 2.75) is 13.8 Å². The molecule has 0 aliphatic carbocycles. The van der Waals surface area contributed by atoms with Gasteiger partial charge in [-0.1, -0.05) is 48.5 Å². The fourth-order valence-electron chi connectivity index (χ4n) is 2.92. The Hall–Kier alpha value is -3.25. The van der Waals surface area contributed by atoms with Gasteiger partial charge in [0, 0.05) is 16.8 Å². The molecular weight excluding hydrogens is 358 g/mol. The van der Waals surface area contributed by atoms with Crippen molar-refractivity contribution < 1.29 is 9.59 Å². The van der Waals surface area contributed by atoms with Crippen LogP contribution in [0.15, 0.2) is 60.7 Å². The number of hydrogen-bond donors (Lipinski definition) is 3. The SMILES string of the molecule is CC(=O)c1c(C)[nH]c(-c2ccccc2)c1NC(=S)NC(=O)c1ccccc1. The summed E-state index contributed by atoms with van der Waals surface area (Å²) in [5, 5.41) is 5.81. The Morgan fingerprint density at radius 1 is 0.963 bits per heavy atom. The summed E-state index contributed by atoms with van der Waals surface area (Å²) in [6.07, 6.45) is 0. The van der Waals surface area contributed by atoms with E-state index in [1.165, 1.54) is 6.92 Å². The molecule has 0 aliphatic rings. The van der Waals surface area contributed by atoms with E-state index in [0.717, 1.165) is 17.0 Å². The minimum atomic E-state index is -0.314. The number of rotatable bonds is 4. The van der Waals surface area contributed by atoms with E-state index in [1.807, 2.05) is 43.3 Å². The lowest BCUT2D eigenvalue weighted by Gasteiger charge is -2.12. The van der Waals surface area contributed by atoms with Crippen LogP contribution in [-0.2, 0) is 0 Å². The number of aryl methyl sites for hydroxylation is 1. The second-order valence-corrected chi connectivity index (χ2v) is 6.48. The summed E-state index contributed by atoms with van der Waals surface area (Å²) in [5.41, 5.74) is 3.97. The molecule has 136 valence electrons. The first kappa shape index (κ1) is 18.5. The molecule has 2 aromatic carbocycles. The molecule has 6 heteroatoms. The van der Waals surface area contributed by atoms with Gasteiger partial charge in [0.15, 0.2) is 10.9 Å². The van der Waals surface area contributed by atoms with E-state index < -0.39 is 0 Å². The van der Waals surface area contributed by atoms with Crippen LogP contribution in [0.5, 0.6) is 0 Å². The quantitative estimate of drug-likeness (QED) is 0.468. The Kier molecular flexibility index (Phi) is 5.47. The first-order chi connectivity index (χ1) is 13.0. The molecule has 3 N–H and O–H groups in total. The highest BCUT2D eigenvalue weighted by Crippen LogP contribution is 2.33. The maximum absolute atomic E-state index is 12.3. The highest BCUT2D eigenvalue weighted by molar-refractivity contribution is 7.80. The second kappa shape index (κ2) is 7.97. The van der Waals surface area contributed by atoms with Gasteiger partial charge in [-0.05, 0) is 38.2 Å². The second-order valence-electron chi connectivity index (χ2n) is 6.07. The van der Waals surface area contributed by atoms with Crippen LogP contribution in [0.25, 0.3) is 11.3 Å². The maximum atomic E-state index is 12.3. The van der Waals surface area contributed by atoms with Gasteiger partial charge in [0.1, 0.15) is 0 Å². The number of hydrogen-bond acceptors (Lipinski definition) is 3. The zero-order valence-electron chi connectivity index (χ0n) is 15.0. The number of aromatic amines is 1. The van der Waals surface area contributed by atoms with E-state index in [9.17, 15) is 9.59 Å². The standard InChI is InChI=1S/C21H19N3O2S/c1-13-17(14(2)25)19(18(22-13)15-9-5-3-6-10-15)23-21(27)24-20(26)16-11-7-4-8-12-16/h3-12,22H,1-2H3,(H2,23,24,26,27). The molecule has 1 heterocycles. The third-order valence-electron chi connectivity index (χ3n) is 4.10. The molecule has 0 bridgehead atoms. The van der Waals surface area contributed by atoms with E-state index in [0.29, 0.717) is 16.8 Å². The molecule has 0 unspecified atom stereocenters. The Morgan fingerprint density at radius 3 is 2.15 bits per heavy atom. The largest absolute Gasteiger partial charge is 0.356 e. The summed E-state index contributed by atoms with van der Waals surface area (Å²) >= 11 is 5.31. The Labute approximate surface area is 162 Å². The number of ketones is 1. The van der Waals surface area contributed by atoms with E-state index in [2.05, 4.69) is 15.6 Å². The molecule has 27 heavy (non-hydrogen) atoms. The average Bonchev–Trinajstić information content (AvgIpc) is 2.99. The molecule has 3 aromatic rings. The van der Waals surface area contributed by atoms with Crippen LogP contribution >= 0.6 is 12.2 Å². The molecule has 0 radical (unpaired) electrons. The minimum Gasteiger partial charge on any atom is -0.356 e. The van der Waals surface area contributed by atoms with Crippen LogP contribution in [-0.4, -0.2) is 21.8 Å². The highest BCUT2D eigenvalue weighted by atomic mass is 32.1. The normalized spacial score (nSPS) is 10.3. The zero-order chi connectivity index (χ0) is 19.4. The third-order valence-corrected chi connectivity index (χ3v) is 4.31. The van der Waals surface area contributed by atoms with Gasteiger partial charge in [0.2, 0.25) is 0 Å². The van der Waals surface area contributed by atoms with Crippen LogP contribution in [0, 0.1) is 6.92 Å². The number of carbonyl (C=O) groups is 2. The number of benzene rings is 2. The molecule has 0 saturated heterocycles. The van der Waals surface area contributed by atoms with Gasteiger partial charge in [0.25, 0.3) is 5.91 Å². The van der Waals surface area contributed by atoms with Gasteiger partial charge in [-0.3, -0.25) is 14.9 Å². The van der Waals surface area contributed by atoms with Gasteiger partial charge in [-0.2, -0.15) is 0 Å². The summed E-state index contributed by atoms with van der Waals surface area (Å²) < 4.78 is 0. The number of carbonyl (C=O) groups excluding carboxylic acids is 2. The first-order valence-electron chi connectivity index (χ1n) is 8.43. The number of thiocarbonyl (C=S) groups is 1. The Bertz CT molecular complexity index is 995. The highest BCUT2D eigenvalue weighted by Gasteiger charge is 2.21. The maximum Gasteiger partial charge on any atom is 0.257 e. The molecule has 3 rings (SSSR count). The minimum absolute atomic E-state index is 0.0920. The van der Waals surface area contributed by atoms with E-state index in [1.54, 1.807) is 24.3 Å². The van der Waals surface area contributed by atoms with Crippen molar-refractivity contribution in [2.75, 3.05) is 5.32 Å². The smallest absolute Gasteiger partial charge is 0.257 e. The summed E-state index contributed by atoms with van der Waals surface area (Å²) in [6, 6.07) is 18.4. The van der Waals surface area contributed by atoms with Crippen LogP contribution in [0.2, 0.25) is 0 Å². The van der Waals surface area contributed by atoms with Gasteiger partial charge in [-0.15, -0.1) is 0 Å². The summed E-state index contributed by atoms with van der Waals surface area (Å²) in [4.78, 5) is 27.7. The van der Waals surface area contributed by atoms with Crippen LogP contribution in [0.4, 0.5) is 5.69 Å². The van der Waals surface area contributed by atoms with E-state index in [-0.39, 0.29) is 16.8 Å². The summed E-state index contributed by atoms with van der Waals surface area (Å²) in [6.45, 7) is 3.33. The van der Waals surface area contributed by atoms with Crippen molar-refractivity contribution in [1.29, 1.82) is 0 Å². The van der Waals surface area contributed by atoms with Crippen LogP contribution < -0.4 is 10.6 Å². The molecule has 5 nitrogen and oxygen atoms in total. The van der Waals surface area contributed by atoms with Crippen molar-refractivity contribution >= 4 is 34.7 Å². The summed E-state index contributed by atoms with van der Waals surface area (Å²) in [5.74, 6) is -0.406. The Morgan fingerprint density at radius 2 is 1.56 bits per heavy atom. The summed E-state index contributed by atoms with van der Waals surface area (Å²) in [7, 11) is 0. The number of H-pyrrole nitrogens is 1. The topological polar surface area (TPSA) is 74.0 Å². The van der Waals surface area contributed by atoms with Crippen molar-refractivity contribution in [2.24, 2.45) is 0 Å². The van der Waals surface area contributed by atoms with Gasteiger partial charge >= 0.3 is 0 Å². The monoisotopic (exact) mass is 377 g/mol. The molecule has 0 saturated carbocycles. The average molecular weight is 377 g/mol. The zero-order valence-corrected chi connectivity index (χ0v) is 15.8. The van der Waals surface area contributed by atoms with Crippen LogP contribution in [0.1, 0.15) is 33.3 Å². The lowest BCUT2D eigenvalue weighted by Crippen LogP contribution is -2.34. The molecule has 0 aliphatic heterocycles. The first-order valence-corrected chi connectivity index (χ1v) is 8.84. The molecular formula is C21H19N3O2S. The molecule has 0 fully saturated rings. The number of Topliss-reactive ketones (excluding diaryl/α,β-unsaturated/α-hetero) is 1. The predicted octanol–water partition coefficient (Wildman–Crippen LogP) is 4.32. The number of aromatic nitrogens is 1. The third kappa shape index (κ3) is 4.12. The van der Waals surface area contributed by atoms with Crippen LogP contribution in [0.3, 0.4) is 0 Å². The van der Waals surface area contributed by atoms with E-state index in [4.69, 9.17) is 12.2 Å². The number of nitrogens with one attached hydrogen (secondary N) is 3. The van der Waals surface area contributed by atoms with Crippen molar-refractivity contribution in [3.05, 3.63) is 77.5 Å². The fourth-order valence-corrected chi connectivity index (χ4v) is 3.12. The lowest BCUT2D eigenvalue weighted by atomic mass is 10.1. The fraction of sp³-hybridized carbons (Fsp3) is 0.0952. The van der Waals surface area contributed by atoms with Crippen molar-refractivity contribution in [3.63, 3.8) is 0 Å². The lowest BCUT2D eigenvalue weighted by molar-refractivity contribution is 0.0976. The van der Waals surface area contributed by atoms with Gasteiger partial charge in [0.05, 0.1) is 16.9 Å². The number of amides is 1. The molecule has 0 atom stereocenters.